The summed E-state index contributed by atoms with van der Waals surface area (Å²) in [6.07, 6.45) is 2.03. The third-order valence-electron chi connectivity index (χ3n) is 5.70. The molecule has 0 aliphatic carbocycles. The number of fused-ring (bicyclic) bond motifs is 1. The number of sulfonamides is 1. The molecule has 5 N–H and O–H groups in total. The maximum absolute atomic E-state index is 13.1. The van der Waals surface area contributed by atoms with E-state index in [9.17, 15) is 27.6 Å². The molecule has 1 atom stereocenters. The molecule has 0 saturated carbocycles. The number of aromatic nitrogens is 1. The highest BCUT2D eigenvalue weighted by Gasteiger charge is 2.45. The van der Waals surface area contributed by atoms with E-state index in [0.717, 1.165) is 11.8 Å². The molecule has 1 aromatic carbocycles. The molecule has 4 amide bonds. The van der Waals surface area contributed by atoms with Gasteiger partial charge in [0, 0.05) is 23.9 Å². The third-order valence-corrected chi connectivity index (χ3v) is 6.25. The van der Waals surface area contributed by atoms with Crippen molar-refractivity contribution in [2.75, 3.05) is 32.2 Å². The molecule has 0 spiro atoms. The fraction of sp³-hybridized carbons (Fsp3) is 0.261. The van der Waals surface area contributed by atoms with Crippen molar-refractivity contribution < 1.29 is 32.3 Å². The van der Waals surface area contributed by atoms with Gasteiger partial charge in [0.2, 0.25) is 10.0 Å². The van der Waals surface area contributed by atoms with Gasteiger partial charge in [-0.3, -0.25) is 14.4 Å². The Kier molecular flexibility index (Phi) is 6.49. The van der Waals surface area contributed by atoms with Gasteiger partial charge in [-0.15, -0.1) is 0 Å². The van der Waals surface area contributed by atoms with Crippen LogP contribution in [-0.4, -0.2) is 73.9 Å². The minimum Gasteiger partial charge on any atom is -0.497 e. The van der Waals surface area contributed by atoms with Gasteiger partial charge >= 0.3 is 6.03 Å². The summed E-state index contributed by atoms with van der Waals surface area (Å²) in [6.45, 7) is -0.366. The van der Waals surface area contributed by atoms with E-state index in [0.29, 0.717) is 11.3 Å². The van der Waals surface area contributed by atoms with Crippen molar-refractivity contribution in [3.8, 4) is 17.6 Å². The third kappa shape index (κ3) is 5.31. The number of hydrogen-bond donors (Lipinski definition) is 4. The molecular weight excluding hydrogens is 504 g/mol. The molecule has 1 aromatic heterocycles. The minimum atomic E-state index is -3.86. The van der Waals surface area contributed by atoms with Crippen LogP contribution in [0.3, 0.4) is 0 Å². The van der Waals surface area contributed by atoms with Crippen molar-refractivity contribution in [3.63, 3.8) is 0 Å². The van der Waals surface area contributed by atoms with Crippen LogP contribution in [0.25, 0.3) is 0 Å². The molecule has 37 heavy (non-hydrogen) atoms. The van der Waals surface area contributed by atoms with E-state index in [1.807, 2.05) is 0 Å². The standard InChI is InChI=1S/C23H22N6O7S/c1-36-15-4-3-14-11-29(21(32)16(14)8-15)12-23(18(30)10-26-22(33)27-23)6-5-13-7-17(19(24)25-9-13)20(31)28-37(2,34)35/h3-4,7-9H,10-12H2,1-2H3,(H2,24,25)(H,28,31)(H2,26,27,33). The second kappa shape index (κ2) is 9.43. The number of rotatable bonds is 5. The number of benzene rings is 1. The van der Waals surface area contributed by atoms with Crippen LogP contribution in [0.4, 0.5) is 10.6 Å². The second-order valence-corrected chi connectivity index (χ2v) is 10.2. The predicted octanol–water partition coefficient (Wildman–Crippen LogP) is -1.01. The summed E-state index contributed by atoms with van der Waals surface area (Å²) in [5.74, 6) is 3.86. The number of pyridine rings is 1. The number of carbonyl (C=O) groups is 4. The fourth-order valence-electron chi connectivity index (χ4n) is 3.90. The lowest BCUT2D eigenvalue weighted by Gasteiger charge is -2.35. The van der Waals surface area contributed by atoms with E-state index < -0.39 is 33.3 Å². The smallest absolute Gasteiger partial charge is 0.316 e. The lowest BCUT2D eigenvalue weighted by atomic mass is 9.91. The average Bonchev–Trinajstić information content (AvgIpc) is 3.14. The van der Waals surface area contributed by atoms with Gasteiger partial charge in [0.15, 0.2) is 11.3 Å². The molecule has 3 heterocycles. The van der Waals surface area contributed by atoms with E-state index in [4.69, 9.17) is 10.5 Å². The van der Waals surface area contributed by atoms with Crippen LogP contribution in [-0.2, 0) is 21.4 Å². The number of nitrogens with one attached hydrogen (secondary N) is 3. The quantitative estimate of drug-likeness (QED) is 0.354. The van der Waals surface area contributed by atoms with Gasteiger partial charge in [0.05, 0.1) is 32.0 Å². The number of nitrogen functional groups attached to an aromatic ring is 1. The molecule has 4 rings (SSSR count). The Bertz CT molecular complexity index is 1510. The monoisotopic (exact) mass is 526 g/mol. The maximum atomic E-state index is 13.1. The Morgan fingerprint density at radius 1 is 1.30 bits per heavy atom. The van der Waals surface area contributed by atoms with Crippen LogP contribution < -0.4 is 25.8 Å². The summed E-state index contributed by atoms with van der Waals surface area (Å²) in [6, 6.07) is 5.62. The van der Waals surface area contributed by atoms with Crippen LogP contribution in [0.1, 0.15) is 31.8 Å². The predicted molar refractivity (Wildman–Crippen MR) is 130 cm³/mol. The molecule has 0 bridgehead atoms. The van der Waals surface area contributed by atoms with Crippen molar-refractivity contribution in [3.05, 3.63) is 52.7 Å². The van der Waals surface area contributed by atoms with Crippen LogP contribution in [0.5, 0.6) is 5.75 Å². The number of nitrogens with two attached hydrogens (primary N) is 1. The number of ketones is 1. The molecular formula is C23H22N6O7S. The summed E-state index contributed by atoms with van der Waals surface area (Å²) in [4.78, 5) is 55.9. The van der Waals surface area contributed by atoms with Crippen LogP contribution in [0.2, 0.25) is 0 Å². The number of carbonyl (C=O) groups excluding carboxylic acids is 4. The fourth-order valence-corrected chi connectivity index (χ4v) is 4.34. The molecule has 1 fully saturated rings. The number of ether oxygens (including phenoxy) is 1. The number of Topliss-reactive ketones (excluding diaryl/α,β-unsaturated/α-hetero) is 1. The summed E-state index contributed by atoms with van der Waals surface area (Å²) in [5, 5.41) is 4.91. The molecule has 0 radical (unpaired) electrons. The highest BCUT2D eigenvalue weighted by Crippen LogP contribution is 2.28. The first-order chi connectivity index (χ1) is 17.4. The van der Waals surface area contributed by atoms with E-state index in [1.54, 1.807) is 22.9 Å². The molecule has 1 unspecified atom stereocenters. The number of urea groups is 1. The van der Waals surface area contributed by atoms with Gasteiger partial charge in [-0.1, -0.05) is 17.9 Å². The maximum Gasteiger partial charge on any atom is 0.316 e. The van der Waals surface area contributed by atoms with Gasteiger partial charge in [-0.2, -0.15) is 0 Å². The Hall–Kier alpha value is -4.64. The van der Waals surface area contributed by atoms with E-state index in [2.05, 4.69) is 27.5 Å². The first-order valence-electron chi connectivity index (χ1n) is 10.8. The summed E-state index contributed by atoms with van der Waals surface area (Å²) >= 11 is 0. The number of hydrogen-bond acceptors (Lipinski definition) is 9. The molecule has 192 valence electrons. The lowest BCUT2D eigenvalue weighted by molar-refractivity contribution is -0.123. The highest BCUT2D eigenvalue weighted by atomic mass is 32.2. The van der Waals surface area contributed by atoms with Gasteiger partial charge < -0.3 is 26.0 Å². The Labute approximate surface area is 211 Å². The molecule has 2 aliphatic rings. The average molecular weight is 527 g/mol. The topological polar surface area (TPSA) is 190 Å². The second-order valence-electron chi connectivity index (χ2n) is 8.43. The van der Waals surface area contributed by atoms with E-state index >= 15 is 0 Å². The Morgan fingerprint density at radius 3 is 2.76 bits per heavy atom. The zero-order valence-electron chi connectivity index (χ0n) is 19.7. The molecule has 13 nitrogen and oxygen atoms in total. The first-order valence-corrected chi connectivity index (χ1v) is 12.7. The number of methoxy groups -OCH3 is 1. The van der Waals surface area contributed by atoms with Crippen LogP contribution in [0, 0.1) is 11.8 Å². The first kappa shape index (κ1) is 25.5. The van der Waals surface area contributed by atoms with Crippen molar-refractivity contribution in [1.82, 2.24) is 25.2 Å². The van der Waals surface area contributed by atoms with Gasteiger partial charge in [-0.25, -0.2) is 22.9 Å². The van der Waals surface area contributed by atoms with E-state index in [1.165, 1.54) is 24.3 Å². The molecule has 2 aliphatic heterocycles. The molecule has 2 aromatic rings. The minimum absolute atomic E-state index is 0.119. The van der Waals surface area contributed by atoms with Crippen molar-refractivity contribution in [2.24, 2.45) is 0 Å². The summed E-state index contributed by atoms with van der Waals surface area (Å²) < 4.78 is 29.8. The number of anilines is 1. The van der Waals surface area contributed by atoms with Crippen molar-refractivity contribution in [1.29, 1.82) is 0 Å². The molecule has 14 heteroatoms. The normalized spacial score (nSPS) is 18.8. The van der Waals surface area contributed by atoms with Gasteiger partial charge in [0.1, 0.15) is 11.6 Å². The van der Waals surface area contributed by atoms with Crippen molar-refractivity contribution in [2.45, 2.75) is 12.1 Å². The van der Waals surface area contributed by atoms with Crippen LogP contribution >= 0.6 is 0 Å². The summed E-state index contributed by atoms with van der Waals surface area (Å²) in [5.41, 5.74) is 4.97. The van der Waals surface area contributed by atoms with Gasteiger partial charge in [0.25, 0.3) is 11.8 Å². The van der Waals surface area contributed by atoms with Crippen molar-refractivity contribution >= 4 is 39.5 Å². The number of amides is 4. The zero-order valence-corrected chi connectivity index (χ0v) is 20.6. The lowest BCUT2D eigenvalue weighted by Crippen LogP contribution is -2.68. The SMILES string of the molecule is COc1ccc2c(c1)C(=O)N(CC1(C#Cc3cnc(N)c(C(=O)NS(C)(=O)=O)c3)NC(=O)NCC1=O)C2. The Morgan fingerprint density at radius 2 is 2.05 bits per heavy atom. The van der Waals surface area contributed by atoms with E-state index in [-0.39, 0.29) is 42.5 Å². The summed E-state index contributed by atoms with van der Waals surface area (Å²) in [7, 11) is -2.38. The largest absolute Gasteiger partial charge is 0.497 e. The highest BCUT2D eigenvalue weighted by molar-refractivity contribution is 7.89. The molecule has 1 saturated heterocycles. The Balaban J connectivity index is 1.68. The number of nitrogens with zero attached hydrogens (tertiary/aromatic N) is 2. The zero-order chi connectivity index (χ0) is 27.0. The van der Waals surface area contributed by atoms with Gasteiger partial charge in [-0.05, 0) is 23.8 Å². The van der Waals surface area contributed by atoms with Crippen LogP contribution in [0.15, 0.2) is 30.5 Å².